The molecule has 0 spiro atoms. The number of nitrogens with one attached hydrogen (secondary N) is 2. The number of hydrogen-bond acceptors (Lipinski definition) is 5. The van der Waals surface area contributed by atoms with E-state index in [1.807, 2.05) is 25.2 Å². The van der Waals surface area contributed by atoms with Gasteiger partial charge in [0.15, 0.2) is 0 Å². The third-order valence-electron chi connectivity index (χ3n) is 2.90. The molecule has 0 amide bonds. The summed E-state index contributed by atoms with van der Waals surface area (Å²) in [6.45, 7) is 6.26. The summed E-state index contributed by atoms with van der Waals surface area (Å²) in [4.78, 5) is 10.2. The topological polar surface area (TPSA) is 49.8 Å². The predicted octanol–water partition coefficient (Wildman–Crippen LogP) is 4.53. The van der Waals surface area contributed by atoms with Crippen molar-refractivity contribution < 1.29 is 0 Å². The van der Waals surface area contributed by atoms with Crippen molar-refractivity contribution in [1.82, 2.24) is 9.97 Å². The molecule has 0 radical (unpaired) electrons. The van der Waals surface area contributed by atoms with Gasteiger partial charge in [0.1, 0.15) is 17.5 Å². The molecule has 1 atom stereocenters. The summed E-state index contributed by atoms with van der Waals surface area (Å²) in [6.07, 6.45) is 0. The molecule has 0 fully saturated rings. The van der Waals surface area contributed by atoms with Gasteiger partial charge in [-0.25, -0.2) is 9.97 Å². The maximum Gasteiger partial charge on any atom is 0.135 e. The van der Waals surface area contributed by atoms with E-state index in [0.717, 1.165) is 21.8 Å². The monoisotopic (exact) mass is 310 g/mol. The first kappa shape index (κ1) is 15.1. The van der Waals surface area contributed by atoms with Gasteiger partial charge in [0, 0.05) is 23.9 Å². The molecule has 4 nitrogen and oxygen atoms in total. The highest BCUT2D eigenvalue weighted by Crippen LogP contribution is 2.29. The van der Waals surface area contributed by atoms with Crippen molar-refractivity contribution in [2.75, 3.05) is 17.7 Å². The van der Waals surface area contributed by atoms with E-state index in [4.69, 9.17) is 11.6 Å². The van der Waals surface area contributed by atoms with Crippen LogP contribution in [0.3, 0.4) is 0 Å². The normalized spacial score (nSPS) is 12.5. The molecule has 2 rings (SSSR count). The minimum Gasteiger partial charge on any atom is -0.373 e. The average Bonchev–Trinajstić information content (AvgIpc) is 2.85. The van der Waals surface area contributed by atoms with Gasteiger partial charge in [0.05, 0.1) is 10.4 Å². The zero-order valence-electron chi connectivity index (χ0n) is 12.1. The molecule has 6 heteroatoms. The minimum absolute atomic E-state index is 0.159. The largest absolute Gasteiger partial charge is 0.373 e. The van der Waals surface area contributed by atoms with Gasteiger partial charge in [-0.2, -0.15) is 0 Å². The molecule has 0 aliphatic carbocycles. The van der Waals surface area contributed by atoms with Crippen molar-refractivity contribution >= 4 is 34.6 Å². The van der Waals surface area contributed by atoms with Crippen molar-refractivity contribution in [3.8, 4) is 0 Å². The number of thiophene rings is 1. The number of hydrogen-bond donors (Lipinski definition) is 2. The highest BCUT2D eigenvalue weighted by atomic mass is 35.5. The van der Waals surface area contributed by atoms with E-state index >= 15 is 0 Å². The molecule has 2 N–H and O–H groups in total. The lowest BCUT2D eigenvalue weighted by Gasteiger charge is -2.15. The first-order valence-electron chi connectivity index (χ1n) is 6.58. The van der Waals surface area contributed by atoms with Gasteiger partial charge in [0.25, 0.3) is 0 Å². The SMILES string of the molecule is CNc1cc(NC(C)c2ccc(Cl)s2)nc(C(C)C)n1. The van der Waals surface area contributed by atoms with E-state index in [0.29, 0.717) is 0 Å². The van der Waals surface area contributed by atoms with Crippen LogP contribution >= 0.6 is 22.9 Å². The van der Waals surface area contributed by atoms with Gasteiger partial charge in [-0.1, -0.05) is 25.4 Å². The highest BCUT2D eigenvalue weighted by molar-refractivity contribution is 7.16. The van der Waals surface area contributed by atoms with E-state index < -0.39 is 0 Å². The third kappa shape index (κ3) is 3.61. The fourth-order valence-corrected chi connectivity index (χ4v) is 2.84. The number of halogens is 1. The van der Waals surface area contributed by atoms with E-state index in [9.17, 15) is 0 Å². The summed E-state index contributed by atoms with van der Waals surface area (Å²) in [5, 5.41) is 6.47. The fraction of sp³-hybridized carbons (Fsp3) is 0.429. The molecule has 108 valence electrons. The predicted molar refractivity (Wildman–Crippen MR) is 87.0 cm³/mol. The second kappa shape index (κ2) is 6.41. The van der Waals surface area contributed by atoms with Crippen molar-refractivity contribution in [3.05, 3.63) is 33.2 Å². The molecule has 0 aliphatic rings. The van der Waals surface area contributed by atoms with Gasteiger partial charge in [0.2, 0.25) is 0 Å². The summed E-state index contributed by atoms with van der Waals surface area (Å²) in [7, 11) is 1.86. The van der Waals surface area contributed by atoms with Crippen LogP contribution in [-0.4, -0.2) is 17.0 Å². The molecule has 0 saturated carbocycles. The fourth-order valence-electron chi connectivity index (χ4n) is 1.78. The first-order chi connectivity index (χ1) is 9.49. The Morgan fingerprint density at radius 1 is 1.15 bits per heavy atom. The molecule has 0 saturated heterocycles. The van der Waals surface area contributed by atoms with Crippen LogP contribution in [0.2, 0.25) is 4.34 Å². The Balaban J connectivity index is 2.21. The molecule has 2 aromatic rings. The van der Waals surface area contributed by atoms with Crippen LogP contribution < -0.4 is 10.6 Å². The lowest BCUT2D eigenvalue weighted by Crippen LogP contribution is -2.10. The summed E-state index contributed by atoms with van der Waals surface area (Å²) >= 11 is 7.56. The van der Waals surface area contributed by atoms with Gasteiger partial charge in [-0.05, 0) is 19.1 Å². The Kier molecular flexibility index (Phi) is 4.83. The van der Waals surface area contributed by atoms with Crippen molar-refractivity contribution in [2.24, 2.45) is 0 Å². The van der Waals surface area contributed by atoms with Crippen LogP contribution in [0.5, 0.6) is 0 Å². The zero-order chi connectivity index (χ0) is 14.7. The standard InChI is InChI=1S/C14H19ClN4S/c1-8(2)14-18-12(16-4)7-13(19-14)17-9(3)10-5-6-11(15)20-10/h5-9H,1-4H3,(H2,16,17,18,19). The number of rotatable bonds is 5. The van der Waals surface area contributed by atoms with Crippen LogP contribution in [0.15, 0.2) is 18.2 Å². The minimum atomic E-state index is 0.159. The van der Waals surface area contributed by atoms with E-state index in [-0.39, 0.29) is 12.0 Å². The van der Waals surface area contributed by atoms with E-state index in [1.165, 1.54) is 4.88 Å². The molecular formula is C14H19ClN4S. The second-order valence-electron chi connectivity index (χ2n) is 4.91. The average molecular weight is 311 g/mol. The Bertz CT molecular complexity index is 582. The van der Waals surface area contributed by atoms with Crippen LogP contribution in [0.1, 0.15) is 43.4 Å². The molecule has 0 aliphatic heterocycles. The molecular weight excluding hydrogens is 292 g/mol. The second-order valence-corrected chi connectivity index (χ2v) is 6.66. The smallest absolute Gasteiger partial charge is 0.135 e. The molecule has 2 heterocycles. The quantitative estimate of drug-likeness (QED) is 0.852. The molecule has 2 aromatic heterocycles. The number of nitrogens with zero attached hydrogens (tertiary/aromatic N) is 2. The Hall–Kier alpha value is -1.33. The number of anilines is 2. The molecule has 20 heavy (non-hydrogen) atoms. The van der Waals surface area contributed by atoms with E-state index in [2.05, 4.69) is 41.4 Å². The summed E-state index contributed by atoms with van der Waals surface area (Å²) < 4.78 is 0.801. The van der Waals surface area contributed by atoms with Crippen LogP contribution in [0.25, 0.3) is 0 Å². The Morgan fingerprint density at radius 2 is 1.85 bits per heavy atom. The van der Waals surface area contributed by atoms with E-state index in [1.54, 1.807) is 11.3 Å². The molecule has 1 unspecified atom stereocenters. The zero-order valence-corrected chi connectivity index (χ0v) is 13.6. The van der Waals surface area contributed by atoms with Crippen LogP contribution in [-0.2, 0) is 0 Å². The van der Waals surface area contributed by atoms with Gasteiger partial charge >= 0.3 is 0 Å². The van der Waals surface area contributed by atoms with Crippen molar-refractivity contribution in [3.63, 3.8) is 0 Å². The van der Waals surface area contributed by atoms with Gasteiger partial charge in [-0.3, -0.25) is 0 Å². The maximum absolute atomic E-state index is 5.98. The maximum atomic E-state index is 5.98. The molecule has 0 aromatic carbocycles. The van der Waals surface area contributed by atoms with Crippen molar-refractivity contribution in [2.45, 2.75) is 32.7 Å². The van der Waals surface area contributed by atoms with Gasteiger partial charge in [-0.15, -0.1) is 11.3 Å². The summed E-state index contributed by atoms with van der Waals surface area (Å²) in [6, 6.07) is 6.02. The van der Waals surface area contributed by atoms with Gasteiger partial charge < -0.3 is 10.6 Å². The summed E-state index contributed by atoms with van der Waals surface area (Å²) in [5.41, 5.74) is 0. The highest BCUT2D eigenvalue weighted by Gasteiger charge is 2.12. The Labute approximate surface area is 128 Å². The van der Waals surface area contributed by atoms with Crippen LogP contribution in [0.4, 0.5) is 11.6 Å². The summed E-state index contributed by atoms with van der Waals surface area (Å²) in [5.74, 6) is 2.76. The van der Waals surface area contributed by atoms with Crippen LogP contribution in [0, 0.1) is 0 Å². The number of aromatic nitrogens is 2. The first-order valence-corrected chi connectivity index (χ1v) is 7.77. The van der Waals surface area contributed by atoms with Crippen molar-refractivity contribution in [1.29, 1.82) is 0 Å². The molecule has 0 bridgehead atoms. The lowest BCUT2D eigenvalue weighted by molar-refractivity contribution is 0.771. The Morgan fingerprint density at radius 3 is 2.40 bits per heavy atom. The lowest BCUT2D eigenvalue weighted by atomic mass is 10.2. The third-order valence-corrected chi connectivity index (χ3v) is 4.31.